The molecule has 0 saturated carbocycles. The summed E-state index contributed by atoms with van der Waals surface area (Å²) in [6.07, 6.45) is 0.721. The van der Waals surface area contributed by atoms with Crippen LogP contribution in [0, 0.1) is 13.8 Å². The number of nitrogens with zero attached hydrogens (tertiary/aromatic N) is 2. The van der Waals surface area contributed by atoms with E-state index in [0.29, 0.717) is 16.3 Å². The fourth-order valence-electron chi connectivity index (χ4n) is 4.22. The number of carbonyl (C=O) groups excluding carboxylic acids is 2. The normalized spacial score (nSPS) is 12.8. The van der Waals surface area contributed by atoms with E-state index in [1.54, 1.807) is 63.4 Å². The zero-order valence-corrected chi connectivity index (χ0v) is 25.9. The first-order chi connectivity index (χ1) is 19.4. The molecule has 0 bridgehead atoms. The second-order valence-corrected chi connectivity index (χ2v) is 12.4. The number of methoxy groups -OCH3 is 1. The Hall–Kier alpha value is -3.56. The molecule has 0 aliphatic heterocycles. The monoisotopic (exact) mass is 599 g/mol. The second-order valence-electron chi connectivity index (χ2n) is 10.1. The number of hydrogen-bond acceptors (Lipinski definition) is 5. The van der Waals surface area contributed by atoms with Gasteiger partial charge < -0.3 is 15.0 Å². The van der Waals surface area contributed by atoms with Gasteiger partial charge in [-0.1, -0.05) is 54.4 Å². The summed E-state index contributed by atoms with van der Waals surface area (Å²) in [5, 5.41) is 3.26. The fourth-order valence-corrected chi connectivity index (χ4v) is 5.85. The molecule has 3 aromatic rings. The highest BCUT2D eigenvalue weighted by atomic mass is 35.5. The molecule has 2 atom stereocenters. The van der Waals surface area contributed by atoms with Gasteiger partial charge in [-0.25, -0.2) is 8.42 Å². The first kappa shape index (κ1) is 32.0. The van der Waals surface area contributed by atoms with Crippen LogP contribution in [0.3, 0.4) is 0 Å². The smallest absolute Gasteiger partial charge is 0.264 e. The van der Waals surface area contributed by atoms with E-state index < -0.39 is 28.5 Å². The van der Waals surface area contributed by atoms with Crippen molar-refractivity contribution in [1.82, 2.24) is 10.2 Å². The number of anilines is 1. The van der Waals surface area contributed by atoms with E-state index in [9.17, 15) is 18.0 Å². The minimum Gasteiger partial charge on any atom is -0.497 e. The van der Waals surface area contributed by atoms with Gasteiger partial charge in [-0.15, -0.1) is 0 Å². The lowest BCUT2D eigenvalue weighted by atomic mass is 10.1. The van der Waals surface area contributed by atoms with E-state index in [1.807, 2.05) is 26.8 Å². The van der Waals surface area contributed by atoms with Crippen molar-refractivity contribution in [2.75, 3.05) is 18.0 Å². The minimum absolute atomic E-state index is 0.0391. The highest BCUT2D eigenvalue weighted by Crippen LogP contribution is 2.30. The predicted molar refractivity (Wildman–Crippen MR) is 163 cm³/mol. The molecule has 0 fully saturated rings. The molecule has 1 N–H and O–H groups in total. The number of hydrogen-bond donors (Lipinski definition) is 1. The lowest BCUT2D eigenvalue weighted by molar-refractivity contribution is -0.139. The van der Waals surface area contributed by atoms with Crippen molar-refractivity contribution in [2.45, 2.75) is 64.6 Å². The average molecular weight is 600 g/mol. The number of aryl methyl sites for hydroxylation is 2. The molecule has 0 radical (unpaired) electrons. The molecule has 0 spiro atoms. The van der Waals surface area contributed by atoms with Crippen LogP contribution in [0.5, 0.6) is 5.75 Å². The SMILES string of the molecule is CCC(C)NC(=O)C(C)N(Cc1cccc(OC)c1)C(=O)CN(c1cc(Cl)ccc1C)S(=O)(=O)c1ccc(C)cc1. The number of amides is 2. The van der Waals surface area contributed by atoms with Gasteiger partial charge in [0.25, 0.3) is 10.0 Å². The number of halogens is 1. The van der Waals surface area contributed by atoms with Crippen molar-refractivity contribution in [3.05, 3.63) is 88.4 Å². The predicted octanol–water partition coefficient (Wildman–Crippen LogP) is 5.49. The molecule has 2 amide bonds. The van der Waals surface area contributed by atoms with E-state index in [-0.39, 0.29) is 29.1 Å². The van der Waals surface area contributed by atoms with Crippen LogP contribution in [-0.4, -0.2) is 50.9 Å². The molecule has 2 unspecified atom stereocenters. The van der Waals surface area contributed by atoms with E-state index in [1.165, 1.54) is 23.1 Å². The molecule has 10 heteroatoms. The Kier molecular flexibility index (Phi) is 10.8. The Balaban J connectivity index is 2.08. The van der Waals surface area contributed by atoms with Crippen LogP contribution in [0.2, 0.25) is 5.02 Å². The first-order valence-electron chi connectivity index (χ1n) is 13.5. The van der Waals surface area contributed by atoms with Gasteiger partial charge in [-0.05, 0) is 81.6 Å². The molecular formula is C31H38ClN3O5S. The van der Waals surface area contributed by atoms with Crippen LogP contribution < -0.4 is 14.4 Å². The number of ether oxygens (including phenoxy) is 1. The van der Waals surface area contributed by atoms with Crippen molar-refractivity contribution in [3.63, 3.8) is 0 Å². The van der Waals surface area contributed by atoms with Gasteiger partial charge in [0.1, 0.15) is 18.3 Å². The van der Waals surface area contributed by atoms with Crippen LogP contribution in [0.25, 0.3) is 0 Å². The van der Waals surface area contributed by atoms with E-state index in [0.717, 1.165) is 21.9 Å². The van der Waals surface area contributed by atoms with Gasteiger partial charge in [0.2, 0.25) is 11.8 Å². The lowest BCUT2D eigenvalue weighted by Crippen LogP contribution is -2.52. The van der Waals surface area contributed by atoms with Crippen LogP contribution in [0.1, 0.15) is 43.9 Å². The van der Waals surface area contributed by atoms with Gasteiger partial charge >= 0.3 is 0 Å². The number of benzene rings is 3. The molecule has 0 aromatic heterocycles. The third kappa shape index (κ3) is 8.01. The van der Waals surface area contributed by atoms with Crippen molar-refractivity contribution >= 4 is 39.1 Å². The Bertz CT molecular complexity index is 1480. The maximum absolute atomic E-state index is 14.1. The maximum Gasteiger partial charge on any atom is 0.264 e. The van der Waals surface area contributed by atoms with Crippen molar-refractivity contribution in [3.8, 4) is 5.75 Å². The summed E-state index contributed by atoms with van der Waals surface area (Å²) in [6.45, 7) is 8.62. The summed E-state index contributed by atoms with van der Waals surface area (Å²) >= 11 is 6.29. The summed E-state index contributed by atoms with van der Waals surface area (Å²) in [5.74, 6) is -0.276. The minimum atomic E-state index is -4.18. The molecule has 0 aliphatic rings. The Morgan fingerprint density at radius 1 is 1.00 bits per heavy atom. The highest BCUT2D eigenvalue weighted by Gasteiger charge is 2.33. The number of carbonyl (C=O) groups is 2. The molecule has 0 heterocycles. The number of rotatable bonds is 12. The number of nitrogens with one attached hydrogen (secondary N) is 1. The van der Waals surface area contributed by atoms with Gasteiger partial charge in [-0.2, -0.15) is 0 Å². The summed E-state index contributed by atoms with van der Waals surface area (Å²) in [6, 6.07) is 17.5. The van der Waals surface area contributed by atoms with Crippen molar-refractivity contribution in [2.24, 2.45) is 0 Å². The molecular weight excluding hydrogens is 562 g/mol. The molecule has 220 valence electrons. The Morgan fingerprint density at radius 2 is 1.68 bits per heavy atom. The van der Waals surface area contributed by atoms with Gasteiger partial charge in [0.15, 0.2) is 0 Å². The lowest BCUT2D eigenvalue weighted by Gasteiger charge is -2.33. The summed E-state index contributed by atoms with van der Waals surface area (Å²) in [5.41, 5.74) is 2.54. The van der Waals surface area contributed by atoms with Gasteiger partial charge in [0.05, 0.1) is 17.7 Å². The van der Waals surface area contributed by atoms with Gasteiger partial charge in [-0.3, -0.25) is 13.9 Å². The van der Waals surface area contributed by atoms with Crippen LogP contribution >= 0.6 is 11.6 Å². The first-order valence-corrected chi connectivity index (χ1v) is 15.3. The molecule has 0 saturated heterocycles. The molecule has 8 nitrogen and oxygen atoms in total. The molecule has 3 aromatic carbocycles. The summed E-state index contributed by atoms with van der Waals surface area (Å²) < 4.78 is 34.4. The Labute approximate surface area is 248 Å². The van der Waals surface area contributed by atoms with Crippen molar-refractivity contribution in [1.29, 1.82) is 0 Å². The van der Waals surface area contributed by atoms with Crippen LogP contribution in [0.4, 0.5) is 5.69 Å². The maximum atomic E-state index is 14.1. The van der Waals surface area contributed by atoms with E-state index >= 15 is 0 Å². The highest BCUT2D eigenvalue weighted by molar-refractivity contribution is 7.92. The second kappa shape index (κ2) is 13.9. The summed E-state index contributed by atoms with van der Waals surface area (Å²) in [4.78, 5) is 28.7. The third-order valence-corrected chi connectivity index (χ3v) is 8.99. The molecule has 41 heavy (non-hydrogen) atoms. The Morgan fingerprint density at radius 3 is 2.32 bits per heavy atom. The largest absolute Gasteiger partial charge is 0.497 e. The third-order valence-electron chi connectivity index (χ3n) is 6.98. The average Bonchev–Trinajstić information content (AvgIpc) is 2.95. The van der Waals surface area contributed by atoms with Crippen LogP contribution in [-0.2, 0) is 26.2 Å². The molecule has 3 rings (SSSR count). The number of sulfonamides is 1. The van der Waals surface area contributed by atoms with Gasteiger partial charge in [0, 0.05) is 17.6 Å². The van der Waals surface area contributed by atoms with Crippen molar-refractivity contribution < 1.29 is 22.7 Å². The zero-order valence-electron chi connectivity index (χ0n) is 24.3. The van der Waals surface area contributed by atoms with E-state index in [2.05, 4.69) is 5.32 Å². The molecule has 0 aliphatic carbocycles. The van der Waals surface area contributed by atoms with E-state index in [4.69, 9.17) is 16.3 Å². The zero-order chi connectivity index (χ0) is 30.3. The fraction of sp³-hybridized carbons (Fsp3) is 0.355. The quantitative estimate of drug-likeness (QED) is 0.297. The topological polar surface area (TPSA) is 96.0 Å². The van der Waals surface area contributed by atoms with Crippen LogP contribution in [0.15, 0.2) is 71.6 Å². The standard InChI is InChI=1S/C31H38ClN3O5S/c1-7-23(4)33-31(37)24(5)34(19-25-9-8-10-27(17-25)40-6)30(36)20-35(29-18-26(32)14-13-22(29)3)41(38,39)28-15-11-21(2)12-16-28/h8-18,23-24H,7,19-20H2,1-6H3,(H,33,37). The summed E-state index contributed by atoms with van der Waals surface area (Å²) in [7, 11) is -2.64.